The van der Waals surface area contributed by atoms with Crippen molar-refractivity contribution >= 4 is 40.4 Å². The van der Waals surface area contributed by atoms with Crippen LogP contribution in [0.3, 0.4) is 0 Å². The van der Waals surface area contributed by atoms with Gasteiger partial charge in [-0.25, -0.2) is 4.98 Å². The number of amides is 2. The van der Waals surface area contributed by atoms with Crippen molar-refractivity contribution in [1.82, 2.24) is 4.98 Å². The molecule has 2 aromatic carbocycles. The fourth-order valence-corrected chi connectivity index (χ4v) is 2.83. The van der Waals surface area contributed by atoms with E-state index in [1.807, 2.05) is 24.3 Å². The van der Waals surface area contributed by atoms with Crippen LogP contribution in [-0.2, 0) is 4.79 Å². The van der Waals surface area contributed by atoms with Crippen LogP contribution in [0.2, 0.25) is 0 Å². The molecule has 1 heterocycles. The summed E-state index contributed by atoms with van der Waals surface area (Å²) in [6, 6.07) is 13.8. The quantitative estimate of drug-likeness (QED) is 0.695. The highest BCUT2D eigenvalue weighted by Gasteiger charge is 2.18. The van der Waals surface area contributed by atoms with Gasteiger partial charge in [0.15, 0.2) is 5.58 Å². The van der Waals surface area contributed by atoms with Crippen molar-refractivity contribution in [2.45, 2.75) is 17.4 Å². The number of carbonyl (C=O) groups excluding carboxylic acids is 2. The third kappa shape index (κ3) is 3.57. The van der Waals surface area contributed by atoms with Crippen molar-refractivity contribution in [2.24, 2.45) is 5.73 Å². The summed E-state index contributed by atoms with van der Waals surface area (Å²) < 4.78 is 5.60. The number of rotatable bonds is 5. The number of primary amides is 1. The standard InChI is InChI=1S/C17H15N3O3S/c1-10(24-17-20-13-4-2-3-5-14(13)23-17)16(22)19-12-8-6-11(7-9-12)15(18)21/h2-10H,1H3,(H2,18,21)(H,19,22)/t10-/m0/s1. The SMILES string of the molecule is C[C@H](Sc1nc2ccccc2o1)C(=O)Nc1ccc(C(N)=O)cc1. The first kappa shape index (κ1) is 16.1. The number of fused-ring (bicyclic) bond motifs is 1. The summed E-state index contributed by atoms with van der Waals surface area (Å²) in [5.41, 5.74) is 7.62. The average Bonchev–Trinajstić information content (AvgIpc) is 2.97. The number of carbonyl (C=O) groups is 2. The third-order valence-corrected chi connectivity index (χ3v) is 4.30. The molecular formula is C17H15N3O3S. The predicted octanol–water partition coefficient (Wildman–Crippen LogP) is 3.05. The second-order valence-electron chi connectivity index (χ2n) is 5.14. The normalized spacial score (nSPS) is 12.0. The van der Waals surface area contributed by atoms with Crippen LogP contribution in [0.4, 0.5) is 5.69 Å². The molecule has 0 radical (unpaired) electrons. The summed E-state index contributed by atoms with van der Waals surface area (Å²) in [6.07, 6.45) is 0. The van der Waals surface area contributed by atoms with Gasteiger partial charge in [-0.3, -0.25) is 9.59 Å². The molecule has 24 heavy (non-hydrogen) atoms. The number of hydrogen-bond acceptors (Lipinski definition) is 5. The molecule has 0 saturated heterocycles. The number of thioether (sulfide) groups is 1. The minimum atomic E-state index is -0.507. The lowest BCUT2D eigenvalue weighted by molar-refractivity contribution is -0.115. The Morgan fingerprint density at radius 1 is 1.17 bits per heavy atom. The van der Waals surface area contributed by atoms with Gasteiger partial charge in [-0.05, 0) is 43.3 Å². The number of nitrogens with one attached hydrogen (secondary N) is 1. The smallest absolute Gasteiger partial charge is 0.257 e. The highest BCUT2D eigenvalue weighted by Crippen LogP contribution is 2.27. The van der Waals surface area contributed by atoms with E-state index in [9.17, 15) is 9.59 Å². The number of oxazole rings is 1. The Balaban J connectivity index is 1.64. The van der Waals surface area contributed by atoms with E-state index >= 15 is 0 Å². The number of benzene rings is 2. The second-order valence-corrected chi connectivity index (χ2v) is 6.43. The molecule has 0 saturated carbocycles. The zero-order valence-corrected chi connectivity index (χ0v) is 13.7. The Morgan fingerprint density at radius 2 is 1.88 bits per heavy atom. The van der Waals surface area contributed by atoms with Crippen molar-refractivity contribution in [3.8, 4) is 0 Å². The highest BCUT2D eigenvalue weighted by atomic mass is 32.2. The summed E-state index contributed by atoms with van der Waals surface area (Å²) >= 11 is 1.24. The summed E-state index contributed by atoms with van der Waals surface area (Å²) in [7, 11) is 0. The van der Waals surface area contributed by atoms with E-state index in [0.29, 0.717) is 22.1 Å². The van der Waals surface area contributed by atoms with Crippen molar-refractivity contribution in [3.05, 3.63) is 54.1 Å². The number of nitrogens with zero attached hydrogens (tertiary/aromatic N) is 1. The Bertz CT molecular complexity index is 856. The van der Waals surface area contributed by atoms with E-state index in [0.717, 1.165) is 5.52 Å². The molecule has 3 N–H and O–H groups in total. The Morgan fingerprint density at radius 3 is 2.54 bits per heavy atom. The Kier molecular flexibility index (Phi) is 4.52. The first-order valence-electron chi connectivity index (χ1n) is 7.26. The van der Waals surface area contributed by atoms with E-state index < -0.39 is 11.2 Å². The van der Waals surface area contributed by atoms with Crippen LogP contribution in [0, 0.1) is 0 Å². The second kappa shape index (κ2) is 6.76. The molecule has 3 aromatic rings. The van der Waals surface area contributed by atoms with Crippen LogP contribution in [0.15, 0.2) is 58.2 Å². The fourth-order valence-electron chi connectivity index (χ4n) is 2.07. The first-order chi connectivity index (χ1) is 11.5. The monoisotopic (exact) mass is 341 g/mol. The molecule has 0 aliphatic heterocycles. The minimum Gasteiger partial charge on any atom is -0.431 e. The lowest BCUT2D eigenvalue weighted by Crippen LogP contribution is -2.22. The van der Waals surface area contributed by atoms with Crippen molar-refractivity contribution in [1.29, 1.82) is 0 Å². The maximum Gasteiger partial charge on any atom is 0.257 e. The van der Waals surface area contributed by atoms with Crippen LogP contribution in [0.1, 0.15) is 17.3 Å². The molecule has 122 valence electrons. The molecule has 0 bridgehead atoms. The molecule has 1 aromatic heterocycles. The summed E-state index contributed by atoms with van der Waals surface area (Å²) in [5, 5.41) is 2.83. The maximum absolute atomic E-state index is 12.3. The molecule has 0 unspecified atom stereocenters. The molecule has 0 spiro atoms. The Hall–Kier alpha value is -2.80. The van der Waals surface area contributed by atoms with Crippen molar-refractivity contribution in [3.63, 3.8) is 0 Å². The molecule has 3 rings (SSSR count). The Labute approximate surface area is 142 Å². The van der Waals surface area contributed by atoms with Crippen molar-refractivity contribution in [2.75, 3.05) is 5.32 Å². The van der Waals surface area contributed by atoms with E-state index in [2.05, 4.69) is 10.3 Å². The number of aromatic nitrogens is 1. The van der Waals surface area contributed by atoms with Crippen LogP contribution in [-0.4, -0.2) is 22.0 Å². The maximum atomic E-state index is 12.3. The van der Waals surface area contributed by atoms with Crippen molar-refractivity contribution < 1.29 is 14.0 Å². The predicted molar refractivity (Wildman–Crippen MR) is 92.9 cm³/mol. The van der Waals surface area contributed by atoms with Crippen LogP contribution >= 0.6 is 11.8 Å². The summed E-state index contributed by atoms with van der Waals surface area (Å²) in [5.74, 6) is -0.693. The molecule has 7 heteroatoms. The molecule has 1 atom stereocenters. The van der Waals surface area contributed by atoms with E-state index in [4.69, 9.17) is 10.2 Å². The molecule has 6 nitrogen and oxygen atoms in total. The molecule has 0 aliphatic carbocycles. The van der Waals surface area contributed by atoms with E-state index in [-0.39, 0.29) is 5.91 Å². The van der Waals surface area contributed by atoms with E-state index in [1.54, 1.807) is 31.2 Å². The summed E-state index contributed by atoms with van der Waals surface area (Å²) in [6.45, 7) is 1.77. The van der Waals surface area contributed by atoms with Crippen LogP contribution in [0.25, 0.3) is 11.1 Å². The topological polar surface area (TPSA) is 98.2 Å². The molecule has 0 aliphatic rings. The van der Waals surface area contributed by atoms with Gasteiger partial charge < -0.3 is 15.5 Å². The van der Waals surface area contributed by atoms with Gasteiger partial charge in [-0.1, -0.05) is 23.9 Å². The number of para-hydroxylation sites is 2. The van der Waals surface area contributed by atoms with Gasteiger partial charge in [0.2, 0.25) is 11.8 Å². The van der Waals surface area contributed by atoms with Gasteiger partial charge in [-0.2, -0.15) is 0 Å². The largest absolute Gasteiger partial charge is 0.431 e. The number of hydrogen-bond donors (Lipinski definition) is 2. The van der Waals surface area contributed by atoms with Crippen LogP contribution < -0.4 is 11.1 Å². The molecule has 2 amide bonds. The average molecular weight is 341 g/mol. The number of anilines is 1. The van der Waals surface area contributed by atoms with Gasteiger partial charge in [0.05, 0.1) is 5.25 Å². The summed E-state index contributed by atoms with van der Waals surface area (Å²) in [4.78, 5) is 27.6. The zero-order valence-electron chi connectivity index (χ0n) is 12.9. The van der Waals surface area contributed by atoms with Crippen LogP contribution in [0.5, 0.6) is 0 Å². The number of nitrogens with two attached hydrogens (primary N) is 1. The molecular weight excluding hydrogens is 326 g/mol. The zero-order chi connectivity index (χ0) is 17.1. The molecule has 0 fully saturated rings. The fraction of sp³-hybridized carbons (Fsp3) is 0.118. The lowest BCUT2D eigenvalue weighted by atomic mass is 10.2. The minimum absolute atomic E-state index is 0.186. The van der Waals surface area contributed by atoms with Gasteiger partial charge in [0, 0.05) is 11.3 Å². The van der Waals surface area contributed by atoms with Gasteiger partial charge in [0.25, 0.3) is 5.22 Å². The highest BCUT2D eigenvalue weighted by molar-refractivity contribution is 8.00. The van der Waals surface area contributed by atoms with Gasteiger partial charge >= 0.3 is 0 Å². The third-order valence-electron chi connectivity index (χ3n) is 3.36. The first-order valence-corrected chi connectivity index (χ1v) is 8.14. The lowest BCUT2D eigenvalue weighted by Gasteiger charge is -2.10. The van der Waals surface area contributed by atoms with Gasteiger partial charge in [0.1, 0.15) is 5.52 Å². The van der Waals surface area contributed by atoms with E-state index in [1.165, 1.54) is 11.8 Å². The van der Waals surface area contributed by atoms with Gasteiger partial charge in [-0.15, -0.1) is 0 Å².